The molecule has 0 amide bonds. The lowest BCUT2D eigenvalue weighted by Crippen LogP contribution is -2.10. The number of benzene rings is 2. The van der Waals surface area contributed by atoms with E-state index in [2.05, 4.69) is 19.1 Å². The zero-order valence-electron chi connectivity index (χ0n) is 12.3. The molecule has 0 spiro atoms. The zero-order valence-corrected chi connectivity index (χ0v) is 12.3. The van der Waals surface area contributed by atoms with Gasteiger partial charge in [0.15, 0.2) is 11.6 Å². The van der Waals surface area contributed by atoms with Gasteiger partial charge in [0.05, 0.1) is 0 Å². The first kappa shape index (κ1) is 16.7. The van der Waals surface area contributed by atoms with Gasteiger partial charge in [-0.3, -0.25) is 0 Å². The van der Waals surface area contributed by atoms with E-state index in [0.717, 1.165) is 17.0 Å². The molecule has 0 saturated heterocycles. The molecule has 2 aromatic carbocycles. The van der Waals surface area contributed by atoms with Gasteiger partial charge in [0.2, 0.25) is 0 Å². The van der Waals surface area contributed by atoms with Crippen LogP contribution in [0.5, 0.6) is 0 Å². The van der Waals surface area contributed by atoms with Gasteiger partial charge in [0.1, 0.15) is 0 Å². The molecular formula is C20H26F2. The number of rotatable bonds is 2. The van der Waals surface area contributed by atoms with Gasteiger partial charge in [-0.25, -0.2) is 8.78 Å². The Morgan fingerprint density at radius 2 is 1.41 bits per heavy atom. The smallest absolute Gasteiger partial charge is 0.159 e. The van der Waals surface area contributed by atoms with Crippen LogP contribution in [0.25, 0.3) is 11.1 Å². The molecule has 1 aliphatic rings. The Morgan fingerprint density at radius 3 is 2.00 bits per heavy atom. The maximum absolute atomic E-state index is 13.3. The van der Waals surface area contributed by atoms with E-state index in [9.17, 15) is 8.78 Å². The molecule has 2 aromatic rings. The van der Waals surface area contributed by atoms with Gasteiger partial charge >= 0.3 is 0 Å². The third-order valence-corrected chi connectivity index (χ3v) is 4.65. The van der Waals surface area contributed by atoms with E-state index in [4.69, 9.17) is 0 Å². The van der Waals surface area contributed by atoms with Crippen LogP contribution in [-0.2, 0) is 0 Å². The van der Waals surface area contributed by atoms with Gasteiger partial charge in [-0.2, -0.15) is 0 Å². The largest absolute Gasteiger partial charge is 0.204 e. The Bertz CT molecular complexity index is 614. The van der Waals surface area contributed by atoms with Crippen LogP contribution in [-0.4, -0.2) is 0 Å². The Balaban J connectivity index is 0.00000132. The first-order valence-corrected chi connectivity index (χ1v) is 7.69. The summed E-state index contributed by atoms with van der Waals surface area (Å²) in [5.74, 6) is -0.0903. The summed E-state index contributed by atoms with van der Waals surface area (Å²) < 4.78 is 26.3. The highest BCUT2D eigenvalue weighted by Crippen LogP contribution is 2.36. The van der Waals surface area contributed by atoms with Crippen LogP contribution in [0.1, 0.15) is 52.9 Å². The summed E-state index contributed by atoms with van der Waals surface area (Å²) in [5.41, 5.74) is 3.02. The number of hydrogen-bond donors (Lipinski definition) is 0. The average molecular weight is 304 g/mol. The SMILES string of the molecule is C.CC1CCC(c2ccc(-c3ccc(F)c(F)c3)cc2)CC1.[HH]. The molecule has 2 heteroatoms. The average Bonchev–Trinajstić information content (AvgIpc) is 2.51. The standard InChI is InChI=1S/C19H20F2.CH4.H2/c1-13-2-4-14(5-3-13)15-6-8-16(9-7-15)17-10-11-18(20)19(21)12-17;;/h6-14H,2-5H2,1H3;1H4;1H. The quantitative estimate of drug-likeness (QED) is 0.572. The highest BCUT2D eigenvalue weighted by Gasteiger charge is 2.19. The van der Waals surface area contributed by atoms with Gasteiger partial charge in [-0.05, 0) is 53.5 Å². The number of hydrogen-bond acceptors (Lipinski definition) is 0. The predicted molar refractivity (Wildman–Crippen MR) is 91.0 cm³/mol. The van der Waals surface area contributed by atoms with Crippen LogP contribution in [0.3, 0.4) is 0 Å². The molecule has 0 unspecified atom stereocenters. The van der Waals surface area contributed by atoms with Crippen molar-refractivity contribution in [3.05, 3.63) is 59.7 Å². The zero-order chi connectivity index (χ0) is 14.8. The molecule has 0 heterocycles. The van der Waals surface area contributed by atoms with Gasteiger partial charge in [0, 0.05) is 1.43 Å². The normalized spacial score (nSPS) is 21.2. The van der Waals surface area contributed by atoms with Crippen molar-refractivity contribution in [2.75, 3.05) is 0 Å². The molecule has 22 heavy (non-hydrogen) atoms. The highest BCUT2D eigenvalue weighted by atomic mass is 19.2. The fraction of sp³-hybridized carbons (Fsp3) is 0.400. The molecule has 1 aliphatic carbocycles. The van der Waals surface area contributed by atoms with Gasteiger partial charge in [-0.15, -0.1) is 0 Å². The summed E-state index contributed by atoms with van der Waals surface area (Å²) in [6, 6.07) is 12.4. The topological polar surface area (TPSA) is 0 Å². The van der Waals surface area contributed by atoms with Crippen LogP contribution < -0.4 is 0 Å². The van der Waals surface area contributed by atoms with Crippen molar-refractivity contribution in [1.29, 1.82) is 0 Å². The van der Waals surface area contributed by atoms with E-state index in [1.165, 1.54) is 43.4 Å². The third-order valence-electron chi connectivity index (χ3n) is 4.65. The lowest BCUT2D eigenvalue weighted by Gasteiger charge is -2.26. The summed E-state index contributed by atoms with van der Waals surface area (Å²) in [7, 11) is 0. The van der Waals surface area contributed by atoms with Crippen LogP contribution >= 0.6 is 0 Å². The third kappa shape index (κ3) is 3.55. The summed E-state index contributed by atoms with van der Waals surface area (Å²) in [5, 5.41) is 0. The van der Waals surface area contributed by atoms with Crippen molar-refractivity contribution in [3.8, 4) is 11.1 Å². The lowest BCUT2D eigenvalue weighted by molar-refractivity contribution is 0.348. The molecule has 0 aliphatic heterocycles. The summed E-state index contributed by atoms with van der Waals surface area (Å²) in [6.07, 6.45) is 5.11. The maximum Gasteiger partial charge on any atom is 0.159 e. The van der Waals surface area contributed by atoms with Gasteiger partial charge in [0.25, 0.3) is 0 Å². The fourth-order valence-corrected chi connectivity index (χ4v) is 3.22. The molecule has 0 bridgehead atoms. The minimum absolute atomic E-state index is 0. The molecule has 3 rings (SSSR count). The fourth-order valence-electron chi connectivity index (χ4n) is 3.22. The first-order valence-electron chi connectivity index (χ1n) is 7.69. The second-order valence-electron chi connectivity index (χ2n) is 6.21. The number of halogens is 2. The van der Waals surface area contributed by atoms with E-state index in [-0.39, 0.29) is 8.85 Å². The van der Waals surface area contributed by atoms with Crippen LogP contribution in [0.15, 0.2) is 42.5 Å². The van der Waals surface area contributed by atoms with Crippen molar-refractivity contribution in [1.82, 2.24) is 0 Å². The van der Waals surface area contributed by atoms with E-state index < -0.39 is 11.6 Å². The summed E-state index contributed by atoms with van der Waals surface area (Å²) in [6.45, 7) is 2.32. The van der Waals surface area contributed by atoms with Crippen molar-refractivity contribution in [3.63, 3.8) is 0 Å². The molecule has 0 atom stereocenters. The minimum atomic E-state index is -0.799. The molecule has 0 nitrogen and oxygen atoms in total. The molecular weight excluding hydrogens is 278 g/mol. The van der Waals surface area contributed by atoms with Gasteiger partial charge in [-0.1, -0.05) is 57.5 Å². The van der Waals surface area contributed by atoms with Crippen molar-refractivity contribution >= 4 is 0 Å². The Hall–Kier alpha value is -1.70. The van der Waals surface area contributed by atoms with Crippen LogP contribution in [0, 0.1) is 17.6 Å². The second-order valence-corrected chi connectivity index (χ2v) is 6.21. The van der Waals surface area contributed by atoms with E-state index in [1.54, 1.807) is 6.07 Å². The van der Waals surface area contributed by atoms with Crippen molar-refractivity contribution in [2.45, 2.75) is 46.0 Å². The molecule has 0 aromatic heterocycles. The molecule has 120 valence electrons. The Kier molecular flexibility index (Phi) is 5.33. The Labute approximate surface area is 133 Å². The predicted octanol–water partition coefficient (Wildman–Crippen LogP) is 6.81. The van der Waals surface area contributed by atoms with E-state index >= 15 is 0 Å². The van der Waals surface area contributed by atoms with E-state index in [0.29, 0.717) is 5.92 Å². The molecule has 0 radical (unpaired) electrons. The maximum atomic E-state index is 13.3. The monoisotopic (exact) mass is 304 g/mol. The second kappa shape index (κ2) is 7.04. The lowest BCUT2D eigenvalue weighted by atomic mass is 9.79. The molecule has 1 fully saturated rings. The molecule has 1 saturated carbocycles. The van der Waals surface area contributed by atoms with Gasteiger partial charge < -0.3 is 0 Å². The first-order chi connectivity index (χ1) is 10.1. The highest BCUT2D eigenvalue weighted by molar-refractivity contribution is 5.63. The minimum Gasteiger partial charge on any atom is -0.204 e. The summed E-state index contributed by atoms with van der Waals surface area (Å²) in [4.78, 5) is 0. The van der Waals surface area contributed by atoms with Crippen LogP contribution in [0.2, 0.25) is 0 Å². The van der Waals surface area contributed by atoms with Crippen LogP contribution in [0.4, 0.5) is 8.78 Å². The summed E-state index contributed by atoms with van der Waals surface area (Å²) >= 11 is 0. The van der Waals surface area contributed by atoms with E-state index in [1.807, 2.05) is 12.1 Å². The van der Waals surface area contributed by atoms with Crippen molar-refractivity contribution in [2.24, 2.45) is 5.92 Å². The van der Waals surface area contributed by atoms with Crippen molar-refractivity contribution < 1.29 is 10.2 Å². The molecule has 0 N–H and O–H groups in total. The Morgan fingerprint density at radius 1 is 0.818 bits per heavy atom.